The maximum atomic E-state index is 14.2. The Hall–Kier alpha value is -3.25. The van der Waals surface area contributed by atoms with E-state index in [1.807, 2.05) is 0 Å². The van der Waals surface area contributed by atoms with Gasteiger partial charge >= 0.3 is 6.09 Å². The summed E-state index contributed by atoms with van der Waals surface area (Å²) in [5, 5.41) is 6.95. The van der Waals surface area contributed by atoms with Gasteiger partial charge in [-0.2, -0.15) is 0 Å². The number of pyridine rings is 1. The van der Waals surface area contributed by atoms with E-state index in [0.717, 1.165) is 4.47 Å². The molecule has 0 aliphatic carbocycles. The van der Waals surface area contributed by atoms with E-state index in [9.17, 15) is 9.18 Å². The highest BCUT2D eigenvalue weighted by Crippen LogP contribution is 2.29. The number of amides is 1. The molecule has 9 heteroatoms. The zero-order chi connectivity index (χ0) is 21.2. The Bertz CT molecular complexity index is 1100. The van der Waals surface area contributed by atoms with Crippen molar-refractivity contribution in [2.45, 2.75) is 26.4 Å². The quantitative estimate of drug-likeness (QED) is 0.509. The fourth-order valence-electron chi connectivity index (χ4n) is 2.48. The van der Waals surface area contributed by atoms with Crippen LogP contribution in [0.5, 0.6) is 0 Å². The Morgan fingerprint density at radius 2 is 2.03 bits per heavy atom. The SMILES string of the molecule is [C-]#[N+]c1ccc(-c2cc(NC(=O)OC(C)(C)C)nn2-c2ccc(Br)cn2)cc1F. The van der Waals surface area contributed by atoms with Crippen LogP contribution in [0, 0.1) is 12.4 Å². The predicted octanol–water partition coefficient (Wildman–Crippen LogP) is 5.73. The molecule has 7 nitrogen and oxygen atoms in total. The van der Waals surface area contributed by atoms with Crippen molar-refractivity contribution in [2.75, 3.05) is 5.32 Å². The molecule has 2 heterocycles. The molecule has 0 radical (unpaired) electrons. The molecule has 3 aromatic rings. The minimum absolute atomic E-state index is 0.0753. The van der Waals surface area contributed by atoms with Crippen molar-refractivity contribution in [2.24, 2.45) is 0 Å². The summed E-state index contributed by atoms with van der Waals surface area (Å²) >= 11 is 3.33. The summed E-state index contributed by atoms with van der Waals surface area (Å²) in [4.78, 5) is 19.6. The first-order valence-corrected chi connectivity index (χ1v) is 9.35. The van der Waals surface area contributed by atoms with Crippen LogP contribution < -0.4 is 5.32 Å². The highest BCUT2D eigenvalue weighted by atomic mass is 79.9. The van der Waals surface area contributed by atoms with Gasteiger partial charge in [0.05, 0.1) is 12.3 Å². The van der Waals surface area contributed by atoms with Gasteiger partial charge < -0.3 is 4.74 Å². The van der Waals surface area contributed by atoms with Gasteiger partial charge in [-0.15, -0.1) is 5.10 Å². The smallest absolute Gasteiger partial charge is 0.413 e. The Kier molecular flexibility index (Phi) is 5.66. The predicted molar refractivity (Wildman–Crippen MR) is 111 cm³/mol. The molecule has 1 amide bonds. The second-order valence-electron chi connectivity index (χ2n) is 7.07. The Balaban J connectivity index is 2.04. The van der Waals surface area contributed by atoms with Gasteiger partial charge in [-0.1, -0.05) is 12.1 Å². The summed E-state index contributed by atoms with van der Waals surface area (Å²) in [6.45, 7) is 12.3. The maximum absolute atomic E-state index is 14.2. The monoisotopic (exact) mass is 457 g/mol. The van der Waals surface area contributed by atoms with Gasteiger partial charge in [0, 0.05) is 22.3 Å². The van der Waals surface area contributed by atoms with Gasteiger partial charge in [-0.05, 0) is 54.9 Å². The Morgan fingerprint density at radius 3 is 2.62 bits per heavy atom. The third-order valence-electron chi connectivity index (χ3n) is 3.63. The van der Waals surface area contributed by atoms with E-state index in [1.165, 1.54) is 16.8 Å². The largest absolute Gasteiger partial charge is 0.444 e. The molecule has 0 aliphatic heterocycles. The molecule has 2 aromatic heterocycles. The molecule has 148 valence electrons. The van der Waals surface area contributed by atoms with Crippen LogP contribution in [-0.4, -0.2) is 26.5 Å². The van der Waals surface area contributed by atoms with Crippen LogP contribution in [0.3, 0.4) is 0 Å². The van der Waals surface area contributed by atoms with E-state index in [4.69, 9.17) is 11.3 Å². The molecule has 0 atom stereocenters. The Morgan fingerprint density at radius 1 is 1.28 bits per heavy atom. The summed E-state index contributed by atoms with van der Waals surface area (Å²) in [5.41, 5.74) is 0.223. The minimum Gasteiger partial charge on any atom is -0.444 e. The maximum Gasteiger partial charge on any atom is 0.413 e. The number of benzene rings is 1. The molecule has 3 rings (SSSR count). The summed E-state index contributed by atoms with van der Waals surface area (Å²) in [6.07, 6.45) is 0.941. The van der Waals surface area contributed by atoms with Crippen molar-refractivity contribution in [3.8, 4) is 17.1 Å². The van der Waals surface area contributed by atoms with Crippen LogP contribution in [0.15, 0.2) is 47.1 Å². The lowest BCUT2D eigenvalue weighted by Crippen LogP contribution is -2.27. The number of carbonyl (C=O) groups excluding carboxylic acids is 1. The molecular weight excluding hydrogens is 441 g/mol. The molecule has 1 aromatic carbocycles. The number of aromatic nitrogens is 3. The molecule has 0 saturated heterocycles. The molecule has 29 heavy (non-hydrogen) atoms. The van der Waals surface area contributed by atoms with Crippen LogP contribution in [-0.2, 0) is 4.74 Å². The molecular formula is C20H17BrFN5O2. The normalized spacial score (nSPS) is 11.0. The number of rotatable bonds is 3. The fourth-order valence-corrected chi connectivity index (χ4v) is 2.72. The van der Waals surface area contributed by atoms with E-state index in [-0.39, 0.29) is 11.5 Å². The van der Waals surface area contributed by atoms with Crippen molar-refractivity contribution in [1.82, 2.24) is 14.8 Å². The van der Waals surface area contributed by atoms with Crippen LogP contribution >= 0.6 is 15.9 Å². The third-order valence-corrected chi connectivity index (χ3v) is 4.10. The molecule has 1 N–H and O–H groups in total. The topological polar surface area (TPSA) is 73.4 Å². The molecule has 0 saturated carbocycles. The zero-order valence-electron chi connectivity index (χ0n) is 15.9. The highest BCUT2D eigenvalue weighted by Gasteiger charge is 2.19. The summed E-state index contributed by atoms with van der Waals surface area (Å²) in [7, 11) is 0. The second kappa shape index (κ2) is 8.01. The average molecular weight is 458 g/mol. The van der Waals surface area contributed by atoms with Crippen LogP contribution in [0.1, 0.15) is 20.8 Å². The Labute approximate surface area is 175 Å². The highest BCUT2D eigenvalue weighted by molar-refractivity contribution is 9.10. The summed E-state index contributed by atoms with van der Waals surface area (Å²) in [5.74, 6) is 0.0411. The number of hydrogen-bond donors (Lipinski definition) is 1. The summed E-state index contributed by atoms with van der Waals surface area (Å²) < 4.78 is 21.7. The van der Waals surface area contributed by atoms with Crippen molar-refractivity contribution in [3.63, 3.8) is 0 Å². The number of hydrogen-bond acceptors (Lipinski definition) is 4. The lowest BCUT2D eigenvalue weighted by Gasteiger charge is -2.18. The van der Waals surface area contributed by atoms with Gasteiger partial charge in [0.1, 0.15) is 11.4 Å². The molecule has 0 unspecified atom stereocenters. The lowest BCUT2D eigenvalue weighted by atomic mass is 10.1. The standard InChI is InChI=1S/C20H17BrFN5O2/c1-20(2,3)29-19(28)25-17-10-16(12-5-7-15(23-4)14(22)9-12)27(26-17)18-8-6-13(21)11-24-18/h5-11H,1-3H3,(H,25,26,28). The van der Waals surface area contributed by atoms with Gasteiger partial charge in [0.2, 0.25) is 5.69 Å². The van der Waals surface area contributed by atoms with E-state index >= 15 is 0 Å². The molecule has 0 spiro atoms. The van der Waals surface area contributed by atoms with Crippen LogP contribution in [0.4, 0.5) is 20.7 Å². The summed E-state index contributed by atoms with van der Waals surface area (Å²) in [6, 6.07) is 9.35. The third kappa shape index (κ3) is 4.97. The van der Waals surface area contributed by atoms with Crippen molar-refractivity contribution < 1.29 is 13.9 Å². The van der Waals surface area contributed by atoms with E-state index < -0.39 is 17.5 Å². The van der Waals surface area contributed by atoms with Crippen molar-refractivity contribution in [1.29, 1.82) is 0 Å². The first-order chi connectivity index (χ1) is 13.7. The minimum atomic E-state index is -0.665. The number of nitrogens with one attached hydrogen (secondary N) is 1. The number of halogens is 2. The van der Waals surface area contributed by atoms with E-state index in [2.05, 4.69) is 36.2 Å². The zero-order valence-corrected chi connectivity index (χ0v) is 17.5. The first-order valence-electron chi connectivity index (χ1n) is 8.55. The fraction of sp³-hybridized carbons (Fsp3) is 0.200. The van der Waals surface area contributed by atoms with Gasteiger partial charge in [0.15, 0.2) is 11.6 Å². The van der Waals surface area contributed by atoms with Crippen molar-refractivity contribution >= 4 is 33.5 Å². The molecule has 0 fully saturated rings. The van der Waals surface area contributed by atoms with Gasteiger partial charge in [-0.25, -0.2) is 23.7 Å². The van der Waals surface area contributed by atoms with Crippen molar-refractivity contribution in [3.05, 3.63) is 64.3 Å². The van der Waals surface area contributed by atoms with Crippen LogP contribution in [0.25, 0.3) is 21.9 Å². The van der Waals surface area contributed by atoms with Crippen LogP contribution in [0.2, 0.25) is 0 Å². The molecule has 0 bridgehead atoms. The average Bonchev–Trinajstić information content (AvgIpc) is 3.04. The van der Waals surface area contributed by atoms with Gasteiger partial charge in [-0.3, -0.25) is 5.32 Å². The van der Waals surface area contributed by atoms with E-state index in [0.29, 0.717) is 17.1 Å². The number of carbonyl (C=O) groups is 1. The number of nitrogens with zero attached hydrogens (tertiary/aromatic N) is 4. The number of anilines is 1. The number of ether oxygens (including phenoxy) is 1. The second-order valence-corrected chi connectivity index (χ2v) is 7.98. The first kappa shape index (κ1) is 20.5. The van der Waals surface area contributed by atoms with Gasteiger partial charge in [0.25, 0.3) is 0 Å². The lowest BCUT2D eigenvalue weighted by molar-refractivity contribution is 0.0635. The van der Waals surface area contributed by atoms with E-state index in [1.54, 1.807) is 51.2 Å². The molecule has 0 aliphatic rings.